The van der Waals surface area contributed by atoms with E-state index in [9.17, 15) is 22.0 Å². The van der Waals surface area contributed by atoms with Gasteiger partial charge in [0.2, 0.25) is 0 Å². The zero-order valence-electron chi connectivity index (χ0n) is 7.18. The van der Waals surface area contributed by atoms with E-state index in [0.29, 0.717) is 0 Å². The molecular weight excluding hydrogens is 235 g/mol. The molecule has 15 heavy (non-hydrogen) atoms. The van der Waals surface area contributed by atoms with E-state index < -0.39 is 22.0 Å². The summed E-state index contributed by atoms with van der Waals surface area (Å²) >= 11 is 0. The molecule has 0 aliphatic rings. The predicted octanol–water partition coefficient (Wildman–Crippen LogP) is 2.10. The fourth-order valence-corrected chi connectivity index (χ4v) is 1.38. The predicted molar refractivity (Wildman–Crippen MR) is 43.9 cm³/mol. The fourth-order valence-electron chi connectivity index (χ4n) is 0.687. The maximum atomic E-state index is 12.3. The Morgan fingerprint density at radius 1 is 0.933 bits per heavy atom. The molecule has 82 valence electrons. The van der Waals surface area contributed by atoms with Crippen molar-refractivity contribution >= 4 is 14.9 Å². The van der Waals surface area contributed by atoms with Gasteiger partial charge in [-0.1, -0.05) is 30.3 Å². The highest BCUT2D eigenvalue weighted by Crippen LogP contribution is 2.35. The van der Waals surface area contributed by atoms with Gasteiger partial charge in [-0.25, -0.2) is 0 Å². The molecule has 1 nitrogen and oxygen atoms in total. The van der Waals surface area contributed by atoms with E-state index in [-0.39, 0.29) is 5.19 Å². The molecule has 0 spiro atoms. The van der Waals surface area contributed by atoms with Crippen LogP contribution in [0.25, 0.3) is 0 Å². The highest BCUT2D eigenvalue weighted by atomic mass is 28.2. The normalized spacial score (nSPS) is 12.9. The van der Waals surface area contributed by atoms with Crippen molar-refractivity contribution in [1.29, 1.82) is 0 Å². The molecule has 0 saturated heterocycles. The second-order valence-electron chi connectivity index (χ2n) is 2.58. The Morgan fingerprint density at radius 2 is 1.47 bits per heavy atom. The molecule has 0 amide bonds. The number of hydrogen-bond acceptors (Lipinski definition) is 1. The first-order chi connectivity index (χ1) is 6.83. The zero-order chi connectivity index (χ0) is 11.5. The second-order valence-corrected chi connectivity index (χ2v) is 3.57. The Bertz CT molecular complexity index is 311. The Hall–Kier alpha value is -0.953. The summed E-state index contributed by atoms with van der Waals surface area (Å²) < 4.78 is 63.1. The average molecular weight is 240 g/mol. The van der Waals surface area contributed by atoms with Gasteiger partial charge < -0.3 is 4.43 Å². The Kier molecular flexibility index (Phi) is 3.45. The van der Waals surface area contributed by atoms with Crippen LogP contribution in [0.1, 0.15) is 0 Å². The van der Waals surface area contributed by atoms with E-state index in [1.165, 1.54) is 24.3 Å². The maximum Gasteiger partial charge on any atom is 0.481 e. The van der Waals surface area contributed by atoms with E-state index in [1.807, 2.05) is 0 Å². The van der Waals surface area contributed by atoms with E-state index in [4.69, 9.17) is 0 Å². The molecule has 1 aromatic rings. The van der Waals surface area contributed by atoms with Crippen molar-refractivity contribution in [3.63, 3.8) is 0 Å². The molecule has 0 aliphatic carbocycles. The minimum absolute atomic E-state index is 0.279. The summed E-state index contributed by atoms with van der Waals surface area (Å²) in [6.45, 7) is 0. The molecule has 0 aromatic heterocycles. The van der Waals surface area contributed by atoms with Crippen LogP contribution in [0.2, 0.25) is 0 Å². The Balaban J connectivity index is 2.58. The van der Waals surface area contributed by atoms with Crippen LogP contribution < -0.4 is 5.19 Å². The van der Waals surface area contributed by atoms with E-state index in [1.54, 1.807) is 6.07 Å². The molecule has 0 unspecified atom stereocenters. The lowest BCUT2D eigenvalue weighted by molar-refractivity contribution is -0.361. The number of halogens is 5. The van der Waals surface area contributed by atoms with Crippen molar-refractivity contribution in [2.45, 2.75) is 12.3 Å². The Labute approximate surface area is 84.8 Å². The number of hydrogen-bond donors (Lipinski definition) is 0. The molecule has 0 heterocycles. The van der Waals surface area contributed by atoms with Gasteiger partial charge in [0.15, 0.2) is 0 Å². The van der Waals surface area contributed by atoms with Gasteiger partial charge in [0.1, 0.15) is 0 Å². The molecule has 7 heteroatoms. The van der Waals surface area contributed by atoms with Crippen LogP contribution in [0.15, 0.2) is 30.3 Å². The standard InChI is InChI=1S/C8H5F5OSi/c9-7(10,11)8(12,13)14-15-6-4-2-1-3-5-6/h1-5H. The van der Waals surface area contributed by atoms with Crippen molar-refractivity contribution in [1.82, 2.24) is 0 Å². The summed E-state index contributed by atoms with van der Waals surface area (Å²) in [5, 5.41) is 0.279. The van der Waals surface area contributed by atoms with Gasteiger partial charge in [0.05, 0.1) is 0 Å². The van der Waals surface area contributed by atoms with Gasteiger partial charge in [-0.15, -0.1) is 0 Å². The van der Waals surface area contributed by atoms with Crippen molar-refractivity contribution in [3.8, 4) is 0 Å². The Morgan fingerprint density at radius 3 is 1.93 bits per heavy atom. The first-order valence-corrected chi connectivity index (χ1v) is 4.67. The van der Waals surface area contributed by atoms with Crippen LogP contribution in [-0.4, -0.2) is 22.0 Å². The van der Waals surface area contributed by atoms with Crippen molar-refractivity contribution in [2.75, 3.05) is 0 Å². The van der Waals surface area contributed by atoms with Crippen LogP contribution in [0.4, 0.5) is 22.0 Å². The van der Waals surface area contributed by atoms with Gasteiger partial charge in [-0.2, -0.15) is 22.0 Å². The largest absolute Gasteiger partial charge is 0.481 e. The third-order valence-corrected chi connectivity index (χ3v) is 2.33. The first-order valence-electron chi connectivity index (χ1n) is 3.76. The van der Waals surface area contributed by atoms with Crippen LogP contribution in [0, 0.1) is 0 Å². The molecule has 0 atom stereocenters. The lowest BCUT2D eigenvalue weighted by Gasteiger charge is -2.18. The van der Waals surface area contributed by atoms with Crippen molar-refractivity contribution < 1.29 is 26.4 Å². The quantitative estimate of drug-likeness (QED) is 0.580. The van der Waals surface area contributed by atoms with Gasteiger partial charge >= 0.3 is 12.3 Å². The summed E-state index contributed by atoms with van der Waals surface area (Å²) in [5.41, 5.74) is 0. The lowest BCUT2D eigenvalue weighted by Crippen LogP contribution is -2.42. The first kappa shape index (κ1) is 12.1. The van der Waals surface area contributed by atoms with E-state index in [0.717, 1.165) is 0 Å². The van der Waals surface area contributed by atoms with E-state index >= 15 is 0 Å². The third-order valence-electron chi connectivity index (χ3n) is 1.40. The van der Waals surface area contributed by atoms with Gasteiger partial charge in [-0.3, -0.25) is 0 Å². The molecule has 2 radical (unpaired) electrons. The minimum Gasteiger partial charge on any atom is -0.349 e. The third kappa shape index (κ3) is 3.28. The molecule has 0 bridgehead atoms. The molecule has 1 rings (SSSR count). The molecular formula is C8H5F5OSi. The van der Waals surface area contributed by atoms with Crippen molar-refractivity contribution in [3.05, 3.63) is 30.3 Å². The number of rotatable bonds is 3. The summed E-state index contributed by atoms with van der Waals surface area (Å²) in [7, 11) is -1.04. The maximum absolute atomic E-state index is 12.3. The molecule has 0 N–H and O–H groups in total. The SMILES string of the molecule is FC(F)(F)C(F)(F)O[Si]c1ccccc1. The monoisotopic (exact) mass is 240 g/mol. The van der Waals surface area contributed by atoms with Gasteiger partial charge in [0, 0.05) is 0 Å². The van der Waals surface area contributed by atoms with Gasteiger partial charge in [0.25, 0.3) is 9.76 Å². The lowest BCUT2D eigenvalue weighted by atomic mass is 10.4. The summed E-state index contributed by atoms with van der Waals surface area (Å²) in [4.78, 5) is 0. The van der Waals surface area contributed by atoms with Gasteiger partial charge in [-0.05, 0) is 5.19 Å². The molecule has 0 fully saturated rings. The van der Waals surface area contributed by atoms with Crippen LogP contribution in [0.5, 0.6) is 0 Å². The fraction of sp³-hybridized carbons (Fsp3) is 0.250. The van der Waals surface area contributed by atoms with Crippen LogP contribution in [-0.2, 0) is 4.43 Å². The highest BCUT2D eigenvalue weighted by molar-refractivity contribution is 6.46. The zero-order valence-corrected chi connectivity index (χ0v) is 8.18. The molecule has 1 aromatic carbocycles. The number of alkyl halides is 5. The smallest absolute Gasteiger partial charge is 0.349 e. The second kappa shape index (κ2) is 4.27. The molecule has 0 saturated carbocycles. The number of benzene rings is 1. The highest BCUT2D eigenvalue weighted by Gasteiger charge is 2.59. The molecule has 0 aliphatic heterocycles. The van der Waals surface area contributed by atoms with Crippen LogP contribution >= 0.6 is 0 Å². The average Bonchev–Trinajstić information content (AvgIpc) is 2.15. The van der Waals surface area contributed by atoms with Crippen molar-refractivity contribution in [2.24, 2.45) is 0 Å². The van der Waals surface area contributed by atoms with E-state index in [2.05, 4.69) is 4.43 Å². The minimum atomic E-state index is -5.67. The summed E-state index contributed by atoms with van der Waals surface area (Å²) in [6.07, 6.45) is -10.8. The summed E-state index contributed by atoms with van der Waals surface area (Å²) in [6, 6.07) is 7.49. The summed E-state index contributed by atoms with van der Waals surface area (Å²) in [5.74, 6) is 0. The topological polar surface area (TPSA) is 9.23 Å². The van der Waals surface area contributed by atoms with Crippen LogP contribution in [0.3, 0.4) is 0 Å².